The Kier molecular flexibility index (Phi) is 4.80. The number of carbonyl (C=O) groups excluding carboxylic acids is 1. The number of aromatic nitrogens is 3. The van der Waals surface area contributed by atoms with Gasteiger partial charge in [0.2, 0.25) is 0 Å². The van der Waals surface area contributed by atoms with E-state index < -0.39 is 11.6 Å². The Balaban J connectivity index is 2.07. The van der Waals surface area contributed by atoms with Crippen molar-refractivity contribution >= 4 is 6.03 Å². The summed E-state index contributed by atoms with van der Waals surface area (Å²) < 4.78 is 1.76. The first kappa shape index (κ1) is 16.0. The third-order valence-electron chi connectivity index (χ3n) is 3.52. The monoisotopic (exact) mass is 301 g/mol. The summed E-state index contributed by atoms with van der Waals surface area (Å²) in [5.74, 6) is 0. The highest BCUT2D eigenvalue weighted by Gasteiger charge is 2.25. The van der Waals surface area contributed by atoms with E-state index in [0.717, 1.165) is 18.4 Å². The van der Waals surface area contributed by atoms with Crippen LogP contribution in [0.15, 0.2) is 30.5 Å². The molecule has 1 heterocycles. The van der Waals surface area contributed by atoms with Gasteiger partial charge in [-0.05, 0) is 31.4 Å². The summed E-state index contributed by atoms with van der Waals surface area (Å²) in [5.41, 5.74) is 7.72. The standard InChI is InChI=1S/C16H23N5O/c1-4-5-12-6-8-13(9-7-12)10-21-11-14(19-20-21)16(2,3)18-15(17)22/h6-9,11H,4-5,10H2,1-3H3,(H3,17,18,22). The van der Waals surface area contributed by atoms with E-state index in [1.165, 1.54) is 5.56 Å². The van der Waals surface area contributed by atoms with Crippen LogP contribution in [0.1, 0.15) is 44.0 Å². The molecule has 1 aromatic heterocycles. The Labute approximate surface area is 130 Å². The maximum absolute atomic E-state index is 11.0. The van der Waals surface area contributed by atoms with Crippen LogP contribution >= 0.6 is 0 Å². The van der Waals surface area contributed by atoms with Crippen molar-refractivity contribution in [2.75, 3.05) is 0 Å². The first-order chi connectivity index (χ1) is 10.4. The molecule has 6 heteroatoms. The average molecular weight is 301 g/mol. The molecule has 0 radical (unpaired) electrons. The molecule has 2 aromatic rings. The minimum atomic E-state index is -0.644. The van der Waals surface area contributed by atoms with E-state index in [4.69, 9.17) is 5.73 Å². The minimum Gasteiger partial charge on any atom is -0.352 e. The van der Waals surface area contributed by atoms with Gasteiger partial charge in [0.05, 0.1) is 18.3 Å². The van der Waals surface area contributed by atoms with E-state index in [0.29, 0.717) is 12.2 Å². The number of hydrogen-bond donors (Lipinski definition) is 2. The quantitative estimate of drug-likeness (QED) is 0.857. The lowest BCUT2D eigenvalue weighted by Gasteiger charge is -2.21. The van der Waals surface area contributed by atoms with Crippen molar-refractivity contribution in [1.29, 1.82) is 0 Å². The first-order valence-electron chi connectivity index (χ1n) is 7.47. The number of aryl methyl sites for hydroxylation is 1. The van der Waals surface area contributed by atoms with Crippen molar-refractivity contribution in [3.05, 3.63) is 47.3 Å². The Morgan fingerprint density at radius 2 is 1.91 bits per heavy atom. The zero-order valence-electron chi connectivity index (χ0n) is 13.3. The summed E-state index contributed by atoms with van der Waals surface area (Å²) >= 11 is 0. The molecule has 3 N–H and O–H groups in total. The normalized spacial score (nSPS) is 11.4. The molecule has 0 aliphatic carbocycles. The van der Waals surface area contributed by atoms with Crippen molar-refractivity contribution in [3.63, 3.8) is 0 Å². The van der Waals surface area contributed by atoms with Crippen molar-refractivity contribution < 1.29 is 4.79 Å². The lowest BCUT2D eigenvalue weighted by Crippen LogP contribution is -2.44. The number of nitrogens with one attached hydrogen (secondary N) is 1. The number of carbonyl (C=O) groups is 1. The Morgan fingerprint density at radius 1 is 1.27 bits per heavy atom. The predicted molar refractivity (Wildman–Crippen MR) is 85.3 cm³/mol. The second kappa shape index (κ2) is 6.60. The maximum Gasteiger partial charge on any atom is 0.312 e. The zero-order valence-corrected chi connectivity index (χ0v) is 13.3. The van der Waals surface area contributed by atoms with Gasteiger partial charge in [-0.15, -0.1) is 5.10 Å². The third-order valence-corrected chi connectivity index (χ3v) is 3.52. The van der Waals surface area contributed by atoms with Gasteiger partial charge < -0.3 is 11.1 Å². The van der Waals surface area contributed by atoms with Gasteiger partial charge in [0, 0.05) is 0 Å². The lowest BCUT2D eigenvalue weighted by molar-refractivity contribution is 0.238. The van der Waals surface area contributed by atoms with Crippen molar-refractivity contribution in [2.24, 2.45) is 5.73 Å². The molecule has 2 rings (SSSR count). The number of amides is 2. The number of primary amides is 1. The molecular formula is C16H23N5O. The number of rotatable bonds is 6. The van der Waals surface area contributed by atoms with Crippen molar-refractivity contribution in [2.45, 2.75) is 45.7 Å². The summed E-state index contributed by atoms with van der Waals surface area (Å²) in [6.45, 7) is 6.50. The van der Waals surface area contributed by atoms with Crippen LogP contribution in [0.3, 0.4) is 0 Å². The van der Waals surface area contributed by atoms with Crippen LogP contribution in [0.5, 0.6) is 0 Å². The summed E-state index contributed by atoms with van der Waals surface area (Å²) in [7, 11) is 0. The van der Waals surface area contributed by atoms with Gasteiger partial charge in [-0.1, -0.05) is 42.8 Å². The van der Waals surface area contributed by atoms with Crippen molar-refractivity contribution in [3.8, 4) is 0 Å². The van der Waals surface area contributed by atoms with Crippen LogP contribution in [-0.2, 0) is 18.5 Å². The molecule has 2 amide bonds. The topological polar surface area (TPSA) is 85.8 Å². The summed E-state index contributed by atoms with van der Waals surface area (Å²) in [6, 6.07) is 7.94. The average Bonchev–Trinajstić information content (AvgIpc) is 2.89. The van der Waals surface area contributed by atoms with Gasteiger partial charge in [-0.25, -0.2) is 9.48 Å². The van der Waals surface area contributed by atoms with Crippen LogP contribution < -0.4 is 11.1 Å². The van der Waals surface area contributed by atoms with E-state index in [2.05, 4.69) is 46.8 Å². The summed E-state index contributed by atoms with van der Waals surface area (Å²) in [6.07, 6.45) is 4.07. The largest absolute Gasteiger partial charge is 0.352 e. The van der Waals surface area contributed by atoms with Gasteiger partial charge in [-0.2, -0.15) is 0 Å². The van der Waals surface area contributed by atoms with Gasteiger partial charge in [0.15, 0.2) is 0 Å². The van der Waals surface area contributed by atoms with Gasteiger partial charge in [0.1, 0.15) is 5.69 Å². The fraction of sp³-hybridized carbons (Fsp3) is 0.438. The molecule has 0 saturated carbocycles. The number of nitrogens with two attached hydrogens (primary N) is 1. The molecule has 0 bridgehead atoms. The SMILES string of the molecule is CCCc1ccc(Cn2cc(C(C)(C)NC(N)=O)nn2)cc1. The van der Waals surface area contributed by atoms with Crippen LogP contribution in [0.25, 0.3) is 0 Å². The van der Waals surface area contributed by atoms with Crippen LogP contribution in [0.4, 0.5) is 4.79 Å². The minimum absolute atomic E-state index is 0.578. The highest BCUT2D eigenvalue weighted by Crippen LogP contribution is 2.17. The fourth-order valence-corrected chi connectivity index (χ4v) is 2.32. The highest BCUT2D eigenvalue weighted by molar-refractivity contribution is 5.72. The summed E-state index contributed by atoms with van der Waals surface area (Å²) in [5, 5.41) is 10.9. The predicted octanol–water partition coefficient (Wildman–Crippen LogP) is 2.18. The maximum atomic E-state index is 11.0. The second-order valence-corrected chi connectivity index (χ2v) is 5.98. The molecule has 0 atom stereocenters. The van der Waals surface area contributed by atoms with E-state index in [1.807, 2.05) is 20.0 Å². The molecule has 0 spiro atoms. The molecule has 1 aromatic carbocycles. The highest BCUT2D eigenvalue weighted by atomic mass is 16.2. The van der Waals surface area contributed by atoms with Gasteiger partial charge in [-0.3, -0.25) is 0 Å². The zero-order chi connectivity index (χ0) is 16.2. The molecule has 0 aliphatic rings. The first-order valence-corrected chi connectivity index (χ1v) is 7.47. The van der Waals surface area contributed by atoms with Gasteiger partial charge in [0.25, 0.3) is 0 Å². The molecule has 22 heavy (non-hydrogen) atoms. The second-order valence-electron chi connectivity index (χ2n) is 5.98. The molecular weight excluding hydrogens is 278 g/mol. The van der Waals surface area contributed by atoms with E-state index in [9.17, 15) is 4.79 Å². The number of hydrogen-bond acceptors (Lipinski definition) is 3. The molecule has 0 fully saturated rings. The fourth-order valence-electron chi connectivity index (χ4n) is 2.32. The van der Waals surface area contributed by atoms with E-state index in [-0.39, 0.29) is 0 Å². The molecule has 118 valence electrons. The smallest absolute Gasteiger partial charge is 0.312 e. The third kappa shape index (κ3) is 4.07. The number of urea groups is 1. The molecule has 0 aliphatic heterocycles. The Hall–Kier alpha value is -2.37. The van der Waals surface area contributed by atoms with Crippen molar-refractivity contribution in [1.82, 2.24) is 20.3 Å². The molecule has 6 nitrogen and oxygen atoms in total. The van der Waals surface area contributed by atoms with Crippen LogP contribution in [-0.4, -0.2) is 21.0 Å². The summed E-state index contributed by atoms with van der Waals surface area (Å²) in [4.78, 5) is 11.0. The number of nitrogens with zero attached hydrogens (tertiary/aromatic N) is 3. The Morgan fingerprint density at radius 3 is 2.50 bits per heavy atom. The van der Waals surface area contributed by atoms with Gasteiger partial charge >= 0.3 is 6.03 Å². The lowest BCUT2D eigenvalue weighted by atomic mass is 10.0. The molecule has 0 saturated heterocycles. The number of benzene rings is 1. The Bertz CT molecular complexity index is 630. The molecule has 0 unspecified atom stereocenters. The van der Waals surface area contributed by atoms with Crippen LogP contribution in [0.2, 0.25) is 0 Å². The van der Waals surface area contributed by atoms with E-state index >= 15 is 0 Å². The van der Waals surface area contributed by atoms with Crippen LogP contribution in [0, 0.1) is 0 Å². The van der Waals surface area contributed by atoms with E-state index in [1.54, 1.807) is 4.68 Å².